The Balaban J connectivity index is 2.02. The Morgan fingerprint density at radius 3 is 2.21 bits per heavy atom. The maximum Gasteiger partial charge on any atom is 0.242 e. The summed E-state index contributed by atoms with van der Waals surface area (Å²) in [4.78, 5) is 14.1. The summed E-state index contributed by atoms with van der Waals surface area (Å²) in [6, 6.07) is 7.56. The van der Waals surface area contributed by atoms with Gasteiger partial charge >= 0.3 is 0 Å². The van der Waals surface area contributed by atoms with Crippen LogP contribution in [0, 0.1) is 16.7 Å². The van der Waals surface area contributed by atoms with Crippen LogP contribution in [-0.4, -0.2) is 44.2 Å². The van der Waals surface area contributed by atoms with E-state index in [2.05, 4.69) is 6.07 Å². The topological polar surface area (TPSA) is 71.8 Å². The van der Waals surface area contributed by atoms with Crippen molar-refractivity contribution in [2.75, 3.05) is 27.3 Å². The largest absolute Gasteiger partial charge is 0.493 e. The summed E-state index contributed by atoms with van der Waals surface area (Å²) in [6.45, 7) is 4.45. The molecule has 1 fully saturated rings. The van der Waals surface area contributed by atoms with E-state index in [1.807, 2.05) is 18.2 Å². The van der Waals surface area contributed by atoms with Crippen LogP contribution >= 0.6 is 0 Å². The van der Waals surface area contributed by atoms with Crippen LogP contribution in [0.4, 0.5) is 0 Å². The number of nitriles is 1. The maximum atomic E-state index is 12.3. The number of carbonyl (C=O) groups is 1. The third-order valence-electron chi connectivity index (χ3n) is 4.21. The summed E-state index contributed by atoms with van der Waals surface area (Å²) in [5.41, 5.74) is -0.987. The summed E-state index contributed by atoms with van der Waals surface area (Å²) < 4.78 is 16.8. The van der Waals surface area contributed by atoms with Crippen LogP contribution in [0.2, 0.25) is 0 Å². The number of piperidine rings is 1. The lowest BCUT2D eigenvalue weighted by Crippen LogP contribution is -2.46. The molecule has 1 aliphatic heterocycles. The van der Waals surface area contributed by atoms with Crippen LogP contribution in [-0.2, 0) is 4.79 Å². The van der Waals surface area contributed by atoms with Crippen molar-refractivity contribution in [2.24, 2.45) is 5.41 Å². The minimum atomic E-state index is -0.987. The fourth-order valence-corrected chi connectivity index (χ4v) is 2.72. The first-order chi connectivity index (χ1) is 11.4. The molecule has 0 aromatic heterocycles. The van der Waals surface area contributed by atoms with Crippen LogP contribution in [0.25, 0.3) is 0 Å². The zero-order chi connectivity index (χ0) is 17.7. The highest BCUT2D eigenvalue weighted by Crippen LogP contribution is 2.38. The van der Waals surface area contributed by atoms with E-state index in [4.69, 9.17) is 19.5 Å². The van der Waals surface area contributed by atoms with Gasteiger partial charge in [-0.2, -0.15) is 5.26 Å². The molecule has 0 radical (unpaired) electrons. The van der Waals surface area contributed by atoms with Crippen molar-refractivity contribution < 1.29 is 19.0 Å². The fourth-order valence-electron chi connectivity index (χ4n) is 2.72. The number of ether oxygens (including phenoxy) is 3. The van der Waals surface area contributed by atoms with Gasteiger partial charge in [-0.25, -0.2) is 0 Å². The molecule has 0 spiro atoms. The van der Waals surface area contributed by atoms with Gasteiger partial charge in [-0.3, -0.25) is 4.79 Å². The summed E-state index contributed by atoms with van der Waals surface area (Å²) >= 11 is 0. The first kappa shape index (κ1) is 17.9. The van der Waals surface area contributed by atoms with E-state index >= 15 is 0 Å². The molecule has 1 aromatic rings. The molecule has 1 heterocycles. The van der Waals surface area contributed by atoms with E-state index in [0.29, 0.717) is 43.2 Å². The monoisotopic (exact) mass is 332 g/mol. The van der Waals surface area contributed by atoms with Crippen LogP contribution in [0.3, 0.4) is 0 Å². The van der Waals surface area contributed by atoms with Gasteiger partial charge in [0.2, 0.25) is 11.7 Å². The molecule has 0 bridgehead atoms. The first-order valence-corrected chi connectivity index (χ1v) is 8.01. The van der Waals surface area contributed by atoms with Crippen molar-refractivity contribution in [2.45, 2.75) is 32.8 Å². The predicted octanol–water partition coefficient (Wildman–Crippen LogP) is 2.62. The fraction of sp³-hybridized carbons (Fsp3) is 0.556. The minimum Gasteiger partial charge on any atom is -0.493 e. The second-order valence-corrected chi connectivity index (χ2v) is 6.34. The number of benzene rings is 1. The summed E-state index contributed by atoms with van der Waals surface area (Å²) in [6.07, 6.45) is 1.38. The van der Waals surface area contributed by atoms with Gasteiger partial charge in [0.25, 0.3) is 0 Å². The molecule has 1 aliphatic rings. The highest BCUT2D eigenvalue weighted by atomic mass is 16.5. The van der Waals surface area contributed by atoms with Gasteiger partial charge in [-0.05, 0) is 26.0 Å². The number of hydrogen-bond donors (Lipinski definition) is 0. The van der Waals surface area contributed by atoms with Gasteiger partial charge in [-0.1, -0.05) is 6.07 Å². The molecular weight excluding hydrogens is 308 g/mol. The van der Waals surface area contributed by atoms with Crippen LogP contribution in [0.1, 0.15) is 26.7 Å². The number of para-hydroxylation sites is 1. The SMILES string of the molecule is COc1cccc(OC)c1OC1CCN(C(=O)C(C)(C)C#N)CC1. The second-order valence-electron chi connectivity index (χ2n) is 6.34. The highest BCUT2D eigenvalue weighted by Gasteiger charge is 2.34. The summed E-state index contributed by atoms with van der Waals surface area (Å²) in [5, 5.41) is 9.11. The Kier molecular flexibility index (Phi) is 5.55. The number of rotatable bonds is 5. The normalized spacial score (nSPS) is 15.5. The van der Waals surface area contributed by atoms with Crippen molar-refractivity contribution in [1.29, 1.82) is 5.26 Å². The zero-order valence-corrected chi connectivity index (χ0v) is 14.7. The molecule has 6 nitrogen and oxygen atoms in total. The van der Waals surface area contributed by atoms with Gasteiger partial charge in [-0.15, -0.1) is 0 Å². The Morgan fingerprint density at radius 1 is 1.21 bits per heavy atom. The molecule has 130 valence electrons. The van der Waals surface area contributed by atoms with E-state index in [1.165, 1.54) is 0 Å². The zero-order valence-electron chi connectivity index (χ0n) is 14.7. The predicted molar refractivity (Wildman–Crippen MR) is 89.2 cm³/mol. The number of nitrogens with zero attached hydrogens (tertiary/aromatic N) is 2. The highest BCUT2D eigenvalue weighted by molar-refractivity contribution is 5.84. The molecule has 0 unspecified atom stereocenters. The molecule has 0 aliphatic carbocycles. The molecule has 6 heteroatoms. The van der Waals surface area contributed by atoms with Gasteiger partial charge < -0.3 is 19.1 Å². The lowest BCUT2D eigenvalue weighted by molar-refractivity contribution is -0.139. The standard InChI is InChI=1S/C18H24N2O4/c1-18(2,12-19)17(21)20-10-8-13(9-11-20)24-16-14(22-3)6-5-7-15(16)23-4/h5-7,13H,8-11H2,1-4H3. The molecule has 0 atom stereocenters. The lowest BCUT2D eigenvalue weighted by atomic mass is 9.92. The summed E-state index contributed by atoms with van der Waals surface area (Å²) in [5.74, 6) is 1.71. The van der Waals surface area contributed by atoms with Crippen molar-refractivity contribution in [3.05, 3.63) is 18.2 Å². The average molecular weight is 332 g/mol. The average Bonchev–Trinajstić information content (AvgIpc) is 2.61. The molecule has 2 rings (SSSR count). The van der Waals surface area contributed by atoms with Crippen molar-refractivity contribution in [3.8, 4) is 23.3 Å². The maximum absolute atomic E-state index is 12.3. The Labute approximate surface area is 142 Å². The molecule has 1 amide bonds. The van der Waals surface area contributed by atoms with Crippen molar-refractivity contribution >= 4 is 5.91 Å². The minimum absolute atomic E-state index is 0.0237. The lowest BCUT2D eigenvalue weighted by Gasteiger charge is -2.35. The van der Waals surface area contributed by atoms with Gasteiger partial charge in [0.05, 0.1) is 20.3 Å². The first-order valence-electron chi connectivity index (χ1n) is 8.01. The van der Waals surface area contributed by atoms with Gasteiger partial charge in [0.15, 0.2) is 11.5 Å². The van der Waals surface area contributed by atoms with Crippen molar-refractivity contribution in [1.82, 2.24) is 4.90 Å². The molecule has 1 saturated heterocycles. The molecule has 24 heavy (non-hydrogen) atoms. The number of hydrogen-bond acceptors (Lipinski definition) is 5. The van der Waals surface area contributed by atoms with E-state index < -0.39 is 5.41 Å². The third kappa shape index (κ3) is 3.73. The smallest absolute Gasteiger partial charge is 0.242 e. The van der Waals surface area contributed by atoms with E-state index in [9.17, 15) is 4.79 Å². The molecule has 0 saturated carbocycles. The summed E-state index contributed by atoms with van der Waals surface area (Å²) in [7, 11) is 3.18. The second kappa shape index (κ2) is 7.43. The van der Waals surface area contributed by atoms with Crippen LogP contribution in [0.15, 0.2) is 18.2 Å². The van der Waals surface area contributed by atoms with E-state index in [-0.39, 0.29) is 12.0 Å². The Morgan fingerprint density at radius 2 is 1.75 bits per heavy atom. The van der Waals surface area contributed by atoms with Crippen molar-refractivity contribution in [3.63, 3.8) is 0 Å². The molecule has 0 N–H and O–H groups in total. The van der Waals surface area contributed by atoms with Crippen LogP contribution < -0.4 is 14.2 Å². The van der Waals surface area contributed by atoms with Gasteiger partial charge in [0.1, 0.15) is 11.5 Å². The van der Waals surface area contributed by atoms with E-state index in [1.54, 1.807) is 33.0 Å². The third-order valence-corrected chi connectivity index (χ3v) is 4.21. The Bertz CT molecular complexity index is 606. The number of methoxy groups -OCH3 is 2. The van der Waals surface area contributed by atoms with Crippen LogP contribution in [0.5, 0.6) is 17.2 Å². The number of carbonyl (C=O) groups excluding carboxylic acids is 1. The quantitative estimate of drug-likeness (QED) is 0.829. The number of likely N-dealkylation sites (tertiary alicyclic amines) is 1. The van der Waals surface area contributed by atoms with Gasteiger partial charge in [0, 0.05) is 25.9 Å². The molecule has 1 aromatic carbocycles. The van der Waals surface area contributed by atoms with E-state index in [0.717, 1.165) is 0 Å². The Hall–Kier alpha value is -2.42. The number of amides is 1. The molecular formula is C18H24N2O4.